The van der Waals surface area contributed by atoms with E-state index in [2.05, 4.69) is 33.2 Å². The molecule has 0 amide bonds. The van der Waals surface area contributed by atoms with Gasteiger partial charge in [-0.25, -0.2) is 0 Å². The monoisotopic (exact) mass is 368 g/mol. The number of hydrogen-bond donors (Lipinski definition) is 1. The zero-order valence-corrected chi connectivity index (χ0v) is 14.4. The first-order valence-electron chi connectivity index (χ1n) is 6.84. The summed E-state index contributed by atoms with van der Waals surface area (Å²) in [6.07, 6.45) is 2.81. The Bertz CT molecular complexity index is 586. The predicted octanol–water partition coefficient (Wildman–Crippen LogP) is 4.60. The number of rotatable bonds is 6. The summed E-state index contributed by atoms with van der Waals surface area (Å²) in [5.74, 6) is 0.766. The molecule has 112 valence electrons. The molecule has 0 bridgehead atoms. The van der Waals surface area contributed by atoms with Crippen LogP contribution in [-0.4, -0.2) is 18.6 Å². The Morgan fingerprint density at radius 1 is 1.38 bits per heavy atom. The van der Waals surface area contributed by atoms with Crippen molar-refractivity contribution in [3.63, 3.8) is 0 Å². The third-order valence-corrected chi connectivity index (χ3v) is 3.79. The zero-order valence-electron chi connectivity index (χ0n) is 12.1. The van der Waals surface area contributed by atoms with Crippen molar-refractivity contribution in [2.24, 2.45) is 0 Å². The van der Waals surface area contributed by atoms with Gasteiger partial charge in [-0.1, -0.05) is 34.5 Å². The lowest BCUT2D eigenvalue weighted by atomic mass is 10.0. The molecule has 0 aliphatic heterocycles. The van der Waals surface area contributed by atoms with E-state index in [1.165, 1.54) is 0 Å². The van der Waals surface area contributed by atoms with Crippen LogP contribution in [0.1, 0.15) is 30.6 Å². The van der Waals surface area contributed by atoms with Gasteiger partial charge in [0.2, 0.25) is 0 Å². The van der Waals surface area contributed by atoms with Gasteiger partial charge in [0.1, 0.15) is 11.4 Å². The highest BCUT2D eigenvalue weighted by molar-refractivity contribution is 9.10. The van der Waals surface area contributed by atoms with E-state index in [1.807, 2.05) is 30.3 Å². The van der Waals surface area contributed by atoms with Gasteiger partial charge in [-0.15, -0.1) is 0 Å². The lowest BCUT2D eigenvalue weighted by Gasteiger charge is -2.21. The van der Waals surface area contributed by atoms with Crippen molar-refractivity contribution >= 4 is 27.5 Å². The minimum Gasteiger partial charge on any atom is -0.495 e. The van der Waals surface area contributed by atoms with Crippen molar-refractivity contribution < 1.29 is 4.74 Å². The Hall–Kier alpha value is -1.10. The van der Waals surface area contributed by atoms with Crippen molar-refractivity contribution in [2.75, 3.05) is 13.7 Å². The first kappa shape index (κ1) is 16.3. The Balaban J connectivity index is 2.46. The van der Waals surface area contributed by atoms with E-state index in [-0.39, 0.29) is 6.04 Å². The molecular formula is C16H18BrClN2O. The normalized spacial score (nSPS) is 12.2. The van der Waals surface area contributed by atoms with E-state index in [0.29, 0.717) is 5.02 Å². The SMILES string of the molecule is CCCNC(c1cc(Cl)cc(Br)c1)c1ncccc1OC. The maximum atomic E-state index is 6.18. The predicted molar refractivity (Wildman–Crippen MR) is 90.1 cm³/mol. The number of ether oxygens (including phenoxy) is 1. The van der Waals surface area contributed by atoms with Crippen LogP contribution in [0.4, 0.5) is 0 Å². The molecule has 0 aliphatic rings. The molecular weight excluding hydrogens is 352 g/mol. The molecule has 1 aromatic carbocycles. The lowest BCUT2D eigenvalue weighted by molar-refractivity contribution is 0.399. The van der Waals surface area contributed by atoms with E-state index in [4.69, 9.17) is 16.3 Å². The number of benzene rings is 1. The van der Waals surface area contributed by atoms with Crippen molar-refractivity contribution in [1.82, 2.24) is 10.3 Å². The standard InChI is InChI=1S/C16H18BrClN2O/c1-3-6-19-15(11-8-12(17)10-13(18)9-11)16-14(21-2)5-4-7-20-16/h4-5,7-10,15,19H,3,6H2,1-2H3. The molecule has 0 saturated carbocycles. The summed E-state index contributed by atoms with van der Waals surface area (Å²) in [4.78, 5) is 4.49. The third kappa shape index (κ3) is 4.19. The topological polar surface area (TPSA) is 34.2 Å². The second-order valence-corrected chi connectivity index (χ2v) is 6.03. The highest BCUT2D eigenvalue weighted by Gasteiger charge is 2.19. The summed E-state index contributed by atoms with van der Waals surface area (Å²) < 4.78 is 6.39. The van der Waals surface area contributed by atoms with Crippen LogP contribution in [0.3, 0.4) is 0 Å². The van der Waals surface area contributed by atoms with Crippen LogP contribution in [0.15, 0.2) is 41.0 Å². The Labute approximate surface area is 138 Å². The number of methoxy groups -OCH3 is 1. The highest BCUT2D eigenvalue weighted by Crippen LogP contribution is 2.31. The Morgan fingerprint density at radius 2 is 2.19 bits per heavy atom. The minimum absolute atomic E-state index is 0.0592. The maximum Gasteiger partial charge on any atom is 0.142 e. The summed E-state index contributed by atoms with van der Waals surface area (Å²) >= 11 is 9.67. The summed E-state index contributed by atoms with van der Waals surface area (Å²) in [5.41, 5.74) is 1.92. The summed E-state index contributed by atoms with van der Waals surface area (Å²) in [7, 11) is 1.66. The zero-order chi connectivity index (χ0) is 15.2. The molecule has 0 spiro atoms. The van der Waals surface area contributed by atoms with Gasteiger partial charge in [-0.05, 0) is 48.9 Å². The molecule has 1 unspecified atom stereocenters. The summed E-state index contributed by atoms with van der Waals surface area (Å²) in [6, 6.07) is 9.60. The first-order chi connectivity index (χ1) is 10.2. The molecule has 21 heavy (non-hydrogen) atoms. The molecule has 0 aliphatic carbocycles. The molecule has 5 heteroatoms. The van der Waals surface area contributed by atoms with Gasteiger partial charge < -0.3 is 10.1 Å². The van der Waals surface area contributed by atoms with Gasteiger partial charge >= 0.3 is 0 Å². The van der Waals surface area contributed by atoms with Gasteiger partial charge in [-0.2, -0.15) is 0 Å². The maximum absolute atomic E-state index is 6.18. The second kappa shape index (κ2) is 7.78. The second-order valence-electron chi connectivity index (χ2n) is 4.68. The van der Waals surface area contributed by atoms with E-state index in [9.17, 15) is 0 Å². The van der Waals surface area contributed by atoms with E-state index < -0.39 is 0 Å². The van der Waals surface area contributed by atoms with Gasteiger partial charge in [0.15, 0.2) is 0 Å². The molecule has 1 heterocycles. The number of pyridine rings is 1. The van der Waals surface area contributed by atoms with Crippen LogP contribution in [0.2, 0.25) is 5.02 Å². The van der Waals surface area contributed by atoms with Crippen molar-refractivity contribution in [1.29, 1.82) is 0 Å². The molecule has 1 N–H and O–H groups in total. The molecule has 1 aromatic heterocycles. The Morgan fingerprint density at radius 3 is 2.86 bits per heavy atom. The lowest BCUT2D eigenvalue weighted by Crippen LogP contribution is -2.24. The average molecular weight is 370 g/mol. The molecule has 0 radical (unpaired) electrons. The van der Waals surface area contributed by atoms with E-state index in [0.717, 1.165) is 34.4 Å². The molecule has 0 fully saturated rings. The molecule has 0 saturated heterocycles. The largest absolute Gasteiger partial charge is 0.495 e. The Kier molecular flexibility index (Phi) is 6.03. The fourth-order valence-electron chi connectivity index (χ4n) is 2.20. The number of aromatic nitrogens is 1. The molecule has 2 aromatic rings. The van der Waals surface area contributed by atoms with Gasteiger partial charge in [-0.3, -0.25) is 4.98 Å². The summed E-state index contributed by atoms with van der Waals surface area (Å²) in [5, 5.41) is 4.20. The van der Waals surface area contributed by atoms with Crippen LogP contribution in [0.5, 0.6) is 5.75 Å². The number of hydrogen-bond acceptors (Lipinski definition) is 3. The van der Waals surface area contributed by atoms with E-state index in [1.54, 1.807) is 13.3 Å². The number of nitrogens with zero attached hydrogens (tertiary/aromatic N) is 1. The smallest absolute Gasteiger partial charge is 0.142 e. The minimum atomic E-state index is -0.0592. The van der Waals surface area contributed by atoms with Crippen LogP contribution in [0.25, 0.3) is 0 Å². The molecule has 1 atom stereocenters. The van der Waals surface area contributed by atoms with Crippen LogP contribution in [0, 0.1) is 0 Å². The van der Waals surface area contributed by atoms with Crippen LogP contribution < -0.4 is 10.1 Å². The van der Waals surface area contributed by atoms with Gasteiger partial charge in [0, 0.05) is 15.7 Å². The van der Waals surface area contributed by atoms with Crippen LogP contribution >= 0.6 is 27.5 Å². The fourth-order valence-corrected chi connectivity index (χ4v) is 3.08. The highest BCUT2D eigenvalue weighted by atomic mass is 79.9. The molecule has 3 nitrogen and oxygen atoms in total. The van der Waals surface area contributed by atoms with Gasteiger partial charge in [0.05, 0.1) is 13.2 Å². The summed E-state index contributed by atoms with van der Waals surface area (Å²) in [6.45, 7) is 3.02. The molecule has 2 rings (SSSR count). The quantitative estimate of drug-likeness (QED) is 0.808. The average Bonchev–Trinajstić information content (AvgIpc) is 2.47. The van der Waals surface area contributed by atoms with Crippen molar-refractivity contribution in [3.8, 4) is 5.75 Å². The van der Waals surface area contributed by atoms with Crippen molar-refractivity contribution in [3.05, 3.63) is 57.3 Å². The van der Waals surface area contributed by atoms with Gasteiger partial charge in [0.25, 0.3) is 0 Å². The van der Waals surface area contributed by atoms with Crippen LogP contribution in [-0.2, 0) is 0 Å². The number of nitrogens with one attached hydrogen (secondary N) is 1. The van der Waals surface area contributed by atoms with E-state index >= 15 is 0 Å². The number of halogens is 2. The third-order valence-electron chi connectivity index (χ3n) is 3.11. The first-order valence-corrected chi connectivity index (χ1v) is 8.01. The van der Waals surface area contributed by atoms with Crippen molar-refractivity contribution in [2.45, 2.75) is 19.4 Å². The fraction of sp³-hybridized carbons (Fsp3) is 0.312.